The van der Waals surface area contributed by atoms with E-state index in [2.05, 4.69) is 16.2 Å². The van der Waals surface area contributed by atoms with Gasteiger partial charge in [0.15, 0.2) is 5.11 Å². The van der Waals surface area contributed by atoms with Crippen LogP contribution in [-0.2, 0) is 0 Å². The van der Waals surface area contributed by atoms with Crippen LogP contribution >= 0.6 is 23.8 Å². The Hall–Kier alpha value is -2.31. The summed E-state index contributed by atoms with van der Waals surface area (Å²) in [5, 5.41) is 3.82. The zero-order valence-electron chi connectivity index (χ0n) is 11.7. The maximum absolute atomic E-state index is 12.0. The van der Waals surface area contributed by atoms with Crippen molar-refractivity contribution in [1.29, 1.82) is 0 Å². The van der Waals surface area contributed by atoms with Gasteiger partial charge in [-0.2, -0.15) is 0 Å². The number of hydrazine groups is 1. The molecule has 0 unspecified atom stereocenters. The monoisotopic (exact) mass is 335 g/mol. The average molecular weight is 336 g/mol. The third-order valence-corrected chi connectivity index (χ3v) is 3.18. The first kappa shape index (κ1) is 16.1. The van der Waals surface area contributed by atoms with Crippen LogP contribution in [-0.4, -0.2) is 18.1 Å². The number of hydrogen-bond acceptors (Lipinski definition) is 3. The number of carbonyl (C=O) groups is 1. The number of carbonyl (C=O) groups excluding carboxylic acids is 1. The number of benzene rings is 2. The van der Waals surface area contributed by atoms with E-state index in [4.69, 9.17) is 28.6 Å². The highest BCUT2D eigenvalue weighted by molar-refractivity contribution is 7.80. The molecule has 0 atom stereocenters. The molecular formula is C15H14ClN3O2S. The minimum Gasteiger partial charge on any atom is -0.497 e. The highest BCUT2D eigenvalue weighted by atomic mass is 35.5. The van der Waals surface area contributed by atoms with Crippen molar-refractivity contribution in [2.45, 2.75) is 0 Å². The Bertz CT molecular complexity index is 677. The molecule has 0 aromatic heterocycles. The summed E-state index contributed by atoms with van der Waals surface area (Å²) in [4.78, 5) is 12.0. The quantitative estimate of drug-likeness (QED) is 0.594. The molecule has 0 radical (unpaired) electrons. The average Bonchev–Trinajstić information content (AvgIpc) is 2.55. The van der Waals surface area contributed by atoms with Gasteiger partial charge in [0, 0.05) is 16.3 Å². The van der Waals surface area contributed by atoms with Gasteiger partial charge in [-0.3, -0.25) is 15.6 Å². The van der Waals surface area contributed by atoms with E-state index in [1.54, 1.807) is 55.6 Å². The minimum absolute atomic E-state index is 0.263. The molecule has 2 aromatic carbocycles. The molecule has 0 aliphatic rings. The molecule has 0 spiro atoms. The van der Waals surface area contributed by atoms with E-state index in [1.165, 1.54) is 0 Å². The van der Waals surface area contributed by atoms with Gasteiger partial charge in [0.25, 0.3) is 5.91 Å². The summed E-state index contributed by atoms with van der Waals surface area (Å²) in [6.07, 6.45) is 0. The van der Waals surface area contributed by atoms with Gasteiger partial charge in [-0.05, 0) is 54.7 Å². The van der Waals surface area contributed by atoms with Crippen molar-refractivity contribution in [3.63, 3.8) is 0 Å². The zero-order chi connectivity index (χ0) is 15.9. The van der Waals surface area contributed by atoms with Crippen LogP contribution in [0, 0.1) is 0 Å². The molecule has 0 heterocycles. The molecule has 7 heteroatoms. The maximum Gasteiger partial charge on any atom is 0.269 e. The lowest BCUT2D eigenvalue weighted by atomic mass is 10.2. The number of ether oxygens (including phenoxy) is 1. The van der Waals surface area contributed by atoms with E-state index < -0.39 is 0 Å². The Labute approximate surface area is 138 Å². The van der Waals surface area contributed by atoms with Crippen molar-refractivity contribution in [3.05, 3.63) is 59.1 Å². The summed E-state index contributed by atoms with van der Waals surface area (Å²) in [5.74, 6) is 0.286. The lowest BCUT2D eigenvalue weighted by molar-refractivity contribution is 0.0944. The standard InChI is InChI=1S/C15H14ClN3O2S/c1-21-13-4-2-3-10(9-13)14(20)18-19-15(22)17-12-7-5-11(16)6-8-12/h2-9H,1H3,(H,18,20)(H2,17,19,22). The van der Waals surface area contributed by atoms with Crippen molar-refractivity contribution in [2.75, 3.05) is 12.4 Å². The fourth-order valence-corrected chi connectivity index (χ4v) is 1.94. The molecule has 0 fully saturated rings. The molecule has 3 N–H and O–H groups in total. The SMILES string of the molecule is COc1cccc(C(=O)NNC(=S)Nc2ccc(Cl)cc2)c1. The summed E-state index contributed by atoms with van der Waals surface area (Å²) < 4.78 is 5.07. The van der Waals surface area contributed by atoms with Crippen LogP contribution in [0.5, 0.6) is 5.75 Å². The molecule has 2 aromatic rings. The number of halogens is 1. The second kappa shape index (κ2) is 7.63. The summed E-state index contributed by atoms with van der Waals surface area (Å²) >= 11 is 10.9. The Balaban J connectivity index is 1.87. The van der Waals surface area contributed by atoms with E-state index in [0.717, 1.165) is 5.69 Å². The third-order valence-electron chi connectivity index (χ3n) is 2.72. The van der Waals surface area contributed by atoms with Crippen molar-refractivity contribution in [3.8, 4) is 5.75 Å². The van der Waals surface area contributed by atoms with Gasteiger partial charge in [0.05, 0.1) is 7.11 Å². The van der Waals surface area contributed by atoms with E-state index in [1.807, 2.05) is 0 Å². The van der Waals surface area contributed by atoms with Crippen molar-refractivity contribution in [2.24, 2.45) is 0 Å². The predicted molar refractivity (Wildman–Crippen MR) is 91.3 cm³/mol. The highest BCUT2D eigenvalue weighted by Crippen LogP contribution is 2.13. The van der Waals surface area contributed by atoms with Crippen LogP contribution in [0.15, 0.2) is 48.5 Å². The van der Waals surface area contributed by atoms with Gasteiger partial charge in [-0.25, -0.2) is 0 Å². The lowest BCUT2D eigenvalue weighted by Gasteiger charge is -2.12. The fourth-order valence-electron chi connectivity index (χ4n) is 1.65. The molecule has 0 saturated heterocycles. The smallest absolute Gasteiger partial charge is 0.269 e. The number of thiocarbonyl (C=S) groups is 1. The first-order chi connectivity index (χ1) is 10.6. The maximum atomic E-state index is 12.0. The van der Waals surface area contributed by atoms with Gasteiger partial charge < -0.3 is 10.1 Å². The molecule has 5 nitrogen and oxygen atoms in total. The predicted octanol–water partition coefficient (Wildman–Crippen LogP) is 2.98. The molecule has 0 aliphatic carbocycles. The Morgan fingerprint density at radius 3 is 2.55 bits per heavy atom. The minimum atomic E-state index is -0.320. The van der Waals surface area contributed by atoms with Crippen LogP contribution in [0.1, 0.15) is 10.4 Å². The summed E-state index contributed by atoms with van der Waals surface area (Å²) in [6, 6.07) is 13.8. The number of anilines is 1. The number of nitrogens with one attached hydrogen (secondary N) is 3. The van der Waals surface area contributed by atoms with Crippen LogP contribution < -0.4 is 20.9 Å². The van der Waals surface area contributed by atoms with Crippen molar-refractivity contribution in [1.82, 2.24) is 10.9 Å². The molecule has 2 rings (SSSR count). The van der Waals surface area contributed by atoms with Gasteiger partial charge in [-0.1, -0.05) is 17.7 Å². The number of methoxy groups -OCH3 is 1. The molecule has 0 saturated carbocycles. The van der Waals surface area contributed by atoms with Crippen LogP contribution in [0.4, 0.5) is 5.69 Å². The first-order valence-electron chi connectivity index (χ1n) is 6.35. The summed E-state index contributed by atoms with van der Waals surface area (Å²) in [6.45, 7) is 0. The topological polar surface area (TPSA) is 62.4 Å². The van der Waals surface area contributed by atoms with E-state index in [9.17, 15) is 4.79 Å². The normalized spacial score (nSPS) is 9.73. The van der Waals surface area contributed by atoms with Crippen LogP contribution in [0.3, 0.4) is 0 Å². The Morgan fingerprint density at radius 1 is 1.14 bits per heavy atom. The zero-order valence-corrected chi connectivity index (χ0v) is 13.3. The molecule has 0 aliphatic heterocycles. The van der Waals surface area contributed by atoms with Crippen LogP contribution in [0.25, 0.3) is 0 Å². The van der Waals surface area contributed by atoms with Crippen molar-refractivity contribution < 1.29 is 9.53 Å². The van der Waals surface area contributed by atoms with Gasteiger partial charge in [0.2, 0.25) is 0 Å². The molecule has 1 amide bonds. The Morgan fingerprint density at radius 2 is 1.86 bits per heavy atom. The second-order valence-corrected chi connectivity index (χ2v) is 5.12. The summed E-state index contributed by atoms with van der Waals surface area (Å²) in [7, 11) is 1.54. The second-order valence-electron chi connectivity index (χ2n) is 4.27. The van der Waals surface area contributed by atoms with E-state index in [-0.39, 0.29) is 11.0 Å². The van der Waals surface area contributed by atoms with Gasteiger partial charge >= 0.3 is 0 Å². The lowest BCUT2D eigenvalue weighted by Crippen LogP contribution is -2.43. The molecule has 114 valence electrons. The van der Waals surface area contributed by atoms with Crippen LogP contribution in [0.2, 0.25) is 5.02 Å². The first-order valence-corrected chi connectivity index (χ1v) is 7.14. The number of hydrogen-bond donors (Lipinski definition) is 3. The molecular weight excluding hydrogens is 322 g/mol. The third kappa shape index (κ3) is 4.61. The fraction of sp³-hybridized carbons (Fsp3) is 0.0667. The Kier molecular flexibility index (Phi) is 5.57. The molecule has 0 bridgehead atoms. The number of rotatable bonds is 3. The molecule has 22 heavy (non-hydrogen) atoms. The highest BCUT2D eigenvalue weighted by Gasteiger charge is 2.06. The van der Waals surface area contributed by atoms with Gasteiger partial charge in [0.1, 0.15) is 5.75 Å². The largest absolute Gasteiger partial charge is 0.497 e. The number of amides is 1. The van der Waals surface area contributed by atoms with E-state index in [0.29, 0.717) is 16.3 Å². The van der Waals surface area contributed by atoms with Gasteiger partial charge in [-0.15, -0.1) is 0 Å². The summed E-state index contributed by atoms with van der Waals surface area (Å²) in [5.41, 5.74) is 6.36. The van der Waals surface area contributed by atoms with Crippen molar-refractivity contribution >= 4 is 40.5 Å². The van der Waals surface area contributed by atoms with E-state index >= 15 is 0 Å².